The van der Waals surface area contributed by atoms with Crippen LogP contribution in [0.3, 0.4) is 0 Å². The van der Waals surface area contributed by atoms with Gasteiger partial charge in [-0.3, -0.25) is 4.79 Å². The molecule has 3 heteroatoms. The van der Waals surface area contributed by atoms with Gasteiger partial charge in [-0.05, 0) is 30.4 Å². The number of primary amides is 1. The minimum absolute atomic E-state index is 0.203. The van der Waals surface area contributed by atoms with E-state index >= 15 is 0 Å². The van der Waals surface area contributed by atoms with Crippen LogP contribution in [-0.4, -0.2) is 12.5 Å². The number of amides is 1. The van der Waals surface area contributed by atoms with Crippen LogP contribution in [0.4, 0.5) is 5.69 Å². The summed E-state index contributed by atoms with van der Waals surface area (Å²) in [6.07, 6.45) is 2.44. The number of rotatable bonds is 3. The fraction of sp³-hybridized carbons (Fsp3) is 0.417. The van der Waals surface area contributed by atoms with E-state index in [1.165, 1.54) is 11.3 Å². The van der Waals surface area contributed by atoms with Gasteiger partial charge in [-0.15, -0.1) is 0 Å². The smallest absolute Gasteiger partial charge is 0.217 e. The fourth-order valence-electron chi connectivity index (χ4n) is 2.17. The average molecular weight is 204 g/mol. The Morgan fingerprint density at radius 2 is 2.27 bits per heavy atom. The van der Waals surface area contributed by atoms with Crippen molar-refractivity contribution in [2.24, 2.45) is 5.73 Å². The molecule has 0 fully saturated rings. The van der Waals surface area contributed by atoms with Gasteiger partial charge in [0.25, 0.3) is 0 Å². The van der Waals surface area contributed by atoms with Gasteiger partial charge in [-0.1, -0.05) is 18.2 Å². The molecule has 1 atom stereocenters. The molecule has 1 amide bonds. The molecule has 0 saturated heterocycles. The van der Waals surface area contributed by atoms with Crippen molar-refractivity contribution in [1.82, 2.24) is 0 Å². The quantitative estimate of drug-likeness (QED) is 0.789. The van der Waals surface area contributed by atoms with Gasteiger partial charge in [-0.25, -0.2) is 0 Å². The van der Waals surface area contributed by atoms with Crippen LogP contribution in [0.25, 0.3) is 0 Å². The molecule has 80 valence electrons. The molecule has 3 nitrogen and oxygen atoms in total. The van der Waals surface area contributed by atoms with Crippen LogP contribution in [0, 0.1) is 0 Å². The molecule has 1 aliphatic heterocycles. The van der Waals surface area contributed by atoms with Crippen LogP contribution < -0.4 is 11.1 Å². The summed E-state index contributed by atoms with van der Waals surface area (Å²) >= 11 is 0. The molecule has 0 aromatic heterocycles. The zero-order chi connectivity index (χ0) is 10.7. The Kier molecular flexibility index (Phi) is 2.90. The summed E-state index contributed by atoms with van der Waals surface area (Å²) in [6.45, 7) is 0.987. The highest BCUT2D eigenvalue weighted by Crippen LogP contribution is 2.34. The average Bonchev–Trinajstić information content (AvgIpc) is 2.26. The van der Waals surface area contributed by atoms with Gasteiger partial charge in [-0.2, -0.15) is 0 Å². The van der Waals surface area contributed by atoms with Crippen LogP contribution in [-0.2, 0) is 4.79 Å². The molecule has 15 heavy (non-hydrogen) atoms. The largest absolute Gasteiger partial charge is 0.385 e. The number of nitrogens with two attached hydrogens (primary N) is 1. The SMILES string of the molecule is NC(=O)CC[C@H]1CCNc2ccccc21. The summed E-state index contributed by atoms with van der Waals surface area (Å²) in [7, 11) is 0. The van der Waals surface area contributed by atoms with Gasteiger partial charge in [0.15, 0.2) is 0 Å². The number of carbonyl (C=O) groups excluding carboxylic acids is 1. The maximum absolute atomic E-state index is 10.8. The van der Waals surface area contributed by atoms with Crippen molar-refractivity contribution in [2.45, 2.75) is 25.2 Å². The summed E-state index contributed by atoms with van der Waals surface area (Å²) in [4.78, 5) is 10.8. The molecule has 3 N–H and O–H groups in total. The Morgan fingerprint density at radius 3 is 3.07 bits per heavy atom. The summed E-state index contributed by atoms with van der Waals surface area (Å²) in [5, 5.41) is 3.36. The van der Waals surface area contributed by atoms with E-state index in [0.717, 1.165) is 19.4 Å². The lowest BCUT2D eigenvalue weighted by Crippen LogP contribution is -2.19. The van der Waals surface area contributed by atoms with E-state index < -0.39 is 0 Å². The minimum atomic E-state index is -0.203. The van der Waals surface area contributed by atoms with E-state index in [9.17, 15) is 4.79 Å². The first-order valence-corrected chi connectivity index (χ1v) is 5.38. The molecule has 1 aromatic rings. The van der Waals surface area contributed by atoms with Crippen LogP contribution in [0.1, 0.15) is 30.7 Å². The summed E-state index contributed by atoms with van der Waals surface area (Å²) in [5.74, 6) is 0.279. The Balaban J connectivity index is 2.11. The molecule has 1 aromatic carbocycles. The van der Waals surface area contributed by atoms with Crippen LogP contribution in [0.15, 0.2) is 24.3 Å². The van der Waals surface area contributed by atoms with E-state index in [1.807, 2.05) is 12.1 Å². The van der Waals surface area contributed by atoms with Crippen molar-refractivity contribution in [3.63, 3.8) is 0 Å². The molecule has 0 aliphatic carbocycles. The Morgan fingerprint density at radius 1 is 1.47 bits per heavy atom. The van der Waals surface area contributed by atoms with Gasteiger partial charge in [0.1, 0.15) is 0 Å². The highest BCUT2D eigenvalue weighted by atomic mass is 16.1. The summed E-state index contributed by atoms with van der Waals surface area (Å²) in [5.41, 5.74) is 7.71. The number of nitrogens with one attached hydrogen (secondary N) is 1. The molecule has 0 unspecified atom stereocenters. The maximum atomic E-state index is 10.8. The molecule has 0 saturated carbocycles. The first-order valence-electron chi connectivity index (χ1n) is 5.38. The van der Waals surface area contributed by atoms with Crippen molar-refractivity contribution in [3.05, 3.63) is 29.8 Å². The van der Waals surface area contributed by atoms with Gasteiger partial charge in [0.2, 0.25) is 5.91 Å². The van der Waals surface area contributed by atoms with Crippen LogP contribution in [0.2, 0.25) is 0 Å². The van der Waals surface area contributed by atoms with Crippen molar-refractivity contribution in [1.29, 1.82) is 0 Å². The molecular weight excluding hydrogens is 188 g/mol. The molecule has 1 aliphatic rings. The molecule has 1 heterocycles. The fourth-order valence-corrected chi connectivity index (χ4v) is 2.17. The van der Waals surface area contributed by atoms with Gasteiger partial charge < -0.3 is 11.1 Å². The monoisotopic (exact) mass is 204 g/mol. The molecule has 2 rings (SSSR count). The standard InChI is InChI=1S/C12H16N2O/c13-12(15)6-5-9-7-8-14-11-4-2-1-3-10(9)11/h1-4,9,14H,5-8H2,(H2,13,15)/t9-/m0/s1. The Labute approximate surface area is 89.7 Å². The lowest BCUT2D eigenvalue weighted by molar-refractivity contribution is -0.118. The predicted molar refractivity (Wildman–Crippen MR) is 60.7 cm³/mol. The lowest BCUT2D eigenvalue weighted by atomic mass is 9.87. The first kappa shape index (κ1) is 10.0. The third-order valence-electron chi connectivity index (χ3n) is 2.95. The van der Waals surface area contributed by atoms with Crippen molar-refractivity contribution in [2.75, 3.05) is 11.9 Å². The zero-order valence-corrected chi connectivity index (χ0v) is 8.70. The zero-order valence-electron chi connectivity index (χ0n) is 8.70. The number of fused-ring (bicyclic) bond motifs is 1. The molecule has 0 radical (unpaired) electrons. The molecular formula is C12H16N2O. The van der Waals surface area contributed by atoms with E-state index in [4.69, 9.17) is 5.73 Å². The van der Waals surface area contributed by atoms with Crippen LogP contribution in [0.5, 0.6) is 0 Å². The van der Waals surface area contributed by atoms with Crippen molar-refractivity contribution < 1.29 is 4.79 Å². The highest BCUT2D eigenvalue weighted by molar-refractivity contribution is 5.73. The topological polar surface area (TPSA) is 55.1 Å². The summed E-state index contributed by atoms with van der Waals surface area (Å²) < 4.78 is 0. The third-order valence-corrected chi connectivity index (χ3v) is 2.95. The van der Waals surface area contributed by atoms with E-state index in [2.05, 4.69) is 17.4 Å². The number of carbonyl (C=O) groups is 1. The third kappa shape index (κ3) is 2.29. The van der Waals surface area contributed by atoms with E-state index in [0.29, 0.717) is 12.3 Å². The highest BCUT2D eigenvalue weighted by Gasteiger charge is 2.19. The Bertz CT molecular complexity index is 362. The van der Waals surface area contributed by atoms with Gasteiger partial charge in [0, 0.05) is 18.7 Å². The molecule has 0 spiro atoms. The second-order valence-corrected chi connectivity index (χ2v) is 4.00. The van der Waals surface area contributed by atoms with Gasteiger partial charge >= 0.3 is 0 Å². The van der Waals surface area contributed by atoms with Crippen molar-refractivity contribution >= 4 is 11.6 Å². The predicted octanol–water partition coefficient (Wildman–Crippen LogP) is 1.85. The second-order valence-electron chi connectivity index (χ2n) is 4.00. The number of hydrogen-bond acceptors (Lipinski definition) is 2. The number of hydrogen-bond donors (Lipinski definition) is 2. The summed E-state index contributed by atoms with van der Waals surface area (Å²) in [6, 6.07) is 8.30. The number of benzene rings is 1. The van der Waals surface area contributed by atoms with Gasteiger partial charge in [0.05, 0.1) is 0 Å². The number of para-hydroxylation sites is 1. The first-order chi connectivity index (χ1) is 7.27. The lowest BCUT2D eigenvalue weighted by Gasteiger charge is -2.26. The second kappa shape index (κ2) is 4.34. The van der Waals surface area contributed by atoms with Crippen molar-refractivity contribution in [3.8, 4) is 0 Å². The molecule has 0 bridgehead atoms. The maximum Gasteiger partial charge on any atom is 0.217 e. The minimum Gasteiger partial charge on any atom is -0.385 e. The number of anilines is 1. The van der Waals surface area contributed by atoms with Crippen LogP contribution >= 0.6 is 0 Å². The Hall–Kier alpha value is -1.51. The van der Waals surface area contributed by atoms with E-state index in [1.54, 1.807) is 0 Å². The normalized spacial score (nSPS) is 19.1. The van der Waals surface area contributed by atoms with E-state index in [-0.39, 0.29) is 5.91 Å².